The van der Waals surface area contributed by atoms with Crippen molar-refractivity contribution in [2.45, 2.75) is 6.10 Å². The van der Waals surface area contributed by atoms with Crippen molar-refractivity contribution in [3.63, 3.8) is 0 Å². The Balaban J connectivity index is 0.00000400. The van der Waals surface area contributed by atoms with Gasteiger partial charge in [-0.05, 0) is 12.1 Å². The molecular weight excluding hydrogens is 339 g/mol. The average molecular weight is 358 g/mol. The first kappa shape index (κ1) is 20.4. The Kier molecular flexibility index (Phi) is 10.8. The first-order valence-electron chi connectivity index (χ1n) is 6.14. The molecule has 5 nitrogen and oxygen atoms in total. The van der Waals surface area contributed by atoms with Gasteiger partial charge in [-0.15, -0.1) is 12.4 Å². The van der Waals surface area contributed by atoms with Gasteiger partial charge in [-0.25, -0.2) is 0 Å². The minimum absolute atomic E-state index is 0. The maximum atomic E-state index is 11.5. The minimum atomic E-state index is -0.873. The van der Waals surface area contributed by atoms with Gasteiger partial charge in [-0.1, -0.05) is 29.3 Å². The number of ether oxygens (including phenoxy) is 1. The normalized spacial score (nSPS) is 11.6. The zero-order valence-corrected chi connectivity index (χ0v) is 13.9. The molecule has 0 aliphatic heterocycles. The number of carbonyl (C=O) groups is 1. The van der Waals surface area contributed by atoms with Gasteiger partial charge in [0.05, 0.1) is 19.3 Å². The number of rotatable bonds is 8. The summed E-state index contributed by atoms with van der Waals surface area (Å²) < 4.78 is 4.84. The lowest BCUT2D eigenvalue weighted by Crippen LogP contribution is -2.37. The van der Waals surface area contributed by atoms with Gasteiger partial charge in [0.15, 0.2) is 0 Å². The van der Waals surface area contributed by atoms with E-state index in [1.54, 1.807) is 25.3 Å². The van der Waals surface area contributed by atoms with Crippen LogP contribution in [0.1, 0.15) is 11.7 Å². The van der Waals surface area contributed by atoms with E-state index in [1.807, 2.05) is 0 Å². The highest BCUT2D eigenvalue weighted by atomic mass is 35.5. The molecule has 0 aliphatic rings. The molecule has 1 rings (SSSR count). The Morgan fingerprint density at radius 2 is 2.14 bits per heavy atom. The summed E-state index contributed by atoms with van der Waals surface area (Å²) in [4.78, 5) is 11.5. The van der Waals surface area contributed by atoms with Crippen molar-refractivity contribution >= 4 is 41.5 Å². The fourth-order valence-corrected chi connectivity index (χ4v) is 2.07. The predicted molar refractivity (Wildman–Crippen MR) is 86.4 cm³/mol. The number of aliphatic hydroxyl groups excluding tert-OH is 1. The Bertz CT molecular complexity index is 447. The lowest BCUT2D eigenvalue weighted by atomic mass is 10.1. The second-order valence-corrected chi connectivity index (χ2v) is 5.00. The largest absolute Gasteiger partial charge is 0.387 e. The van der Waals surface area contributed by atoms with Crippen molar-refractivity contribution in [1.82, 2.24) is 10.6 Å². The number of hydrogen-bond acceptors (Lipinski definition) is 4. The van der Waals surface area contributed by atoms with E-state index in [0.717, 1.165) is 0 Å². The fourth-order valence-electron chi connectivity index (χ4n) is 1.53. The standard InChI is InChI=1S/C13H18Cl2N2O3.ClH/c1-20-5-4-16-8-13(19)17-7-12(18)10-3-2-9(14)6-11(10)15;/h2-3,6,12,16,18H,4-5,7-8H2,1H3,(H,17,19);1H. The maximum Gasteiger partial charge on any atom is 0.234 e. The van der Waals surface area contributed by atoms with Gasteiger partial charge in [0.25, 0.3) is 0 Å². The van der Waals surface area contributed by atoms with Crippen molar-refractivity contribution in [2.24, 2.45) is 0 Å². The molecule has 0 heterocycles. The summed E-state index contributed by atoms with van der Waals surface area (Å²) in [6, 6.07) is 4.83. The topological polar surface area (TPSA) is 70.6 Å². The molecule has 0 spiro atoms. The molecule has 0 aromatic heterocycles. The van der Waals surface area contributed by atoms with E-state index in [9.17, 15) is 9.90 Å². The van der Waals surface area contributed by atoms with Gasteiger partial charge in [0.1, 0.15) is 0 Å². The molecule has 1 amide bonds. The Morgan fingerprint density at radius 1 is 1.43 bits per heavy atom. The van der Waals surface area contributed by atoms with E-state index in [0.29, 0.717) is 28.8 Å². The maximum absolute atomic E-state index is 11.5. The van der Waals surface area contributed by atoms with E-state index in [4.69, 9.17) is 27.9 Å². The highest BCUT2D eigenvalue weighted by Crippen LogP contribution is 2.25. The predicted octanol–water partition coefficient (Wildman–Crippen LogP) is 1.80. The van der Waals surface area contributed by atoms with Crippen LogP contribution in [0.3, 0.4) is 0 Å². The lowest BCUT2D eigenvalue weighted by molar-refractivity contribution is -0.120. The monoisotopic (exact) mass is 356 g/mol. The van der Waals surface area contributed by atoms with Crippen LogP contribution in [0, 0.1) is 0 Å². The van der Waals surface area contributed by atoms with Gasteiger partial charge >= 0.3 is 0 Å². The summed E-state index contributed by atoms with van der Waals surface area (Å²) in [6.45, 7) is 1.39. The summed E-state index contributed by atoms with van der Waals surface area (Å²) in [5, 5.41) is 16.4. The second-order valence-electron chi connectivity index (χ2n) is 4.16. The molecule has 3 N–H and O–H groups in total. The molecule has 0 saturated heterocycles. The Morgan fingerprint density at radius 3 is 2.76 bits per heavy atom. The van der Waals surface area contributed by atoms with E-state index in [1.165, 1.54) is 0 Å². The van der Waals surface area contributed by atoms with E-state index in [-0.39, 0.29) is 31.4 Å². The first-order valence-corrected chi connectivity index (χ1v) is 6.89. The summed E-state index contributed by atoms with van der Waals surface area (Å²) >= 11 is 11.8. The van der Waals surface area contributed by atoms with Crippen LogP contribution in [-0.2, 0) is 9.53 Å². The van der Waals surface area contributed by atoms with Crippen molar-refractivity contribution in [3.8, 4) is 0 Å². The van der Waals surface area contributed by atoms with Crippen LogP contribution >= 0.6 is 35.6 Å². The van der Waals surface area contributed by atoms with Crippen LogP contribution in [0.4, 0.5) is 0 Å². The third kappa shape index (κ3) is 7.85. The highest BCUT2D eigenvalue weighted by Gasteiger charge is 2.13. The van der Waals surface area contributed by atoms with Crippen LogP contribution in [-0.4, -0.2) is 44.4 Å². The molecular formula is C13H19Cl3N2O3. The van der Waals surface area contributed by atoms with Gasteiger partial charge in [-0.2, -0.15) is 0 Å². The van der Waals surface area contributed by atoms with Crippen molar-refractivity contribution in [2.75, 3.05) is 33.4 Å². The Hall–Kier alpha value is -0.560. The van der Waals surface area contributed by atoms with E-state index >= 15 is 0 Å². The summed E-state index contributed by atoms with van der Waals surface area (Å²) in [7, 11) is 1.59. The molecule has 0 radical (unpaired) electrons. The lowest BCUT2D eigenvalue weighted by Gasteiger charge is -2.14. The van der Waals surface area contributed by atoms with Gasteiger partial charge in [0, 0.05) is 35.8 Å². The quantitative estimate of drug-likeness (QED) is 0.621. The number of nitrogens with one attached hydrogen (secondary N) is 2. The third-order valence-electron chi connectivity index (χ3n) is 2.58. The van der Waals surface area contributed by atoms with Crippen molar-refractivity contribution in [1.29, 1.82) is 0 Å². The summed E-state index contributed by atoms with van der Waals surface area (Å²) in [5.41, 5.74) is 0.531. The number of hydrogen-bond donors (Lipinski definition) is 3. The number of methoxy groups -OCH3 is 1. The molecule has 0 fully saturated rings. The van der Waals surface area contributed by atoms with Gasteiger partial charge in [-0.3, -0.25) is 4.79 Å². The molecule has 1 aromatic rings. The number of carbonyl (C=O) groups excluding carboxylic acids is 1. The zero-order valence-electron chi connectivity index (χ0n) is 11.6. The van der Waals surface area contributed by atoms with Crippen molar-refractivity contribution in [3.05, 3.63) is 33.8 Å². The number of benzene rings is 1. The molecule has 21 heavy (non-hydrogen) atoms. The number of amides is 1. The van der Waals surface area contributed by atoms with Crippen molar-refractivity contribution < 1.29 is 14.6 Å². The molecule has 1 unspecified atom stereocenters. The first-order chi connectivity index (χ1) is 9.54. The smallest absolute Gasteiger partial charge is 0.234 e. The molecule has 120 valence electrons. The Labute approximate surface area is 140 Å². The second kappa shape index (κ2) is 11.1. The van der Waals surface area contributed by atoms with Crippen LogP contribution in [0.25, 0.3) is 0 Å². The average Bonchev–Trinajstić information content (AvgIpc) is 2.41. The molecule has 0 saturated carbocycles. The number of halogens is 3. The molecule has 0 bridgehead atoms. The molecule has 0 aliphatic carbocycles. The highest BCUT2D eigenvalue weighted by molar-refractivity contribution is 6.35. The SMILES string of the molecule is COCCNCC(=O)NCC(O)c1ccc(Cl)cc1Cl.Cl. The number of aliphatic hydroxyl groups is 1. The van der Waals surface area contributed by atoms with Crippen LogP contribution in [0.15, 0.2) is 18.2 Å². The van der Waals surface area contributed by atoms with Gasteiger partial charge < -0.3 is 20.5 Å². The minimum Gasteiger partial charge on any atom is -0.387 e. The molecule has 1 atom stereocenters. The van der Waals surface area contributed by atoms with Crippen LogP contribution < -0.4 is 10.6 Å². The molecule has 8 heteroatoms. The molecule has 1 aromatic carbocycles. The van der Waals surface area contributed by atoms with Crippen LogP contribution in [0.5, 0.6) is 0 Å². The van der Waals surface area contributed by atoms with E-state index < -0.39 is 6.10 Å². The summed E-state index contributed by atoms with van der Waals surface area (Å²) in [6.07, 6.45) is -0.873. The van der Waals surface area contributed by atoms with Crippen LogP contribution in [0.2, 0.25) is 10.0 Å². The zero-order chi connectivity index (χ0) is 15.0. The fraction of sp³-hybridized carbons (Fsp3) is 0.462. The van der Waals surface area contributed by atoms with Gasteiger partial charge in [0.2, 0.25) is 5.91 Å². The third-order valence-corrected chi connectivity index (χ3v) is 3.15. The summed E-state index contributed by atoms with van der Waals surface area (Å²) in [5.74, 6) is -0.203. The van der Waals surface area contributed by atoms with E-state index in [2.05, 4.69) is 10.6 Å².